The van der Waals surface area contributed by atoms with Crippen LogP contribution < -0.4 is 9.47 Å². The molecule has 2 aromatic carbocycles. The third-order valence-electron chi connectivity index (χ3n) is 4.73. The van der Waals surface area contributed by atoms with Crippen LogP contribution in [0.5, 0.6) is 11.5 Å². The predicted molar refractivity (Wildman–Crippen MR) is 118 cm³/mol. The zero-order valence-electron chi connectivity index (χ0n) is 17.5. The molecule has 0 fully saturated rings. The Balaban J connectivity index is 2.20. The summed E-state index contributed by atoms with van der Waals surface area (Å²) in [5.41, 5.74) is 1.16. The van der Waals surface area contributed by atoms with Gasteiger partial charge < -0.3 is 9.47 Å². The first-order valence-corrected chi connectivity index (χ1v) is 13.0. The van der Waals surface area contributed by atoms with E-state index in [1.807, 2.05) is 50.2 Å². The van der Waals surface area contributed by atoms with E-state index in [0.717, 1.165) is 11.1 Å². The number of para-hydroxylation sites is 2. The van der Waals surface area contributed by atoms with Crippen LogP contribution in [0, 0.1) is 0 Å². The largest absolute Gasteiger partial charge is 0.493 e. The van der Waals surface area contributed by atoms with Crippen molar-refractivity contribution >= 4 is 20.2 Å². The zero-order valence-corrected chi connectivity index (χ0v) is 19.2. The van der Waals surface area contributed by atoms with E-state index in [1.165, 1.54) is 0 Å². The molecule has 0 saturated heterocycles. The van der Waals surface area contributed by atoms with Gasteiger partial charge in [0.25, 0.3) is 20.2 Å². The van der Waals surface area contributed by atoms with Crippen molar-refractivity contribution < 1.29 is 35.4 Å². The molecule has 0 spiro atoms. The average molecular weight is 473 g/mol. The van der Waals surface area contributed by atoms with E-state index in [2.05, 4.69) is 0 Å². The molecule has 2 N–H and O–H groups in total. The molecular formula is C21H28O8S2. The van der Waals surface area contributed by atoms with E-state index in [-0.39, 0.29) is 37.6 Å². The molecule has 0 unspecified atom stereocenters. The van der Waals surface area contributed by atoms with Crippen LogP contribution in [-0.4, -0.2) is 50.7 Å². The van der Waals surface area contributed by atoms with Crippen LogP contribution in [0.2, 0.25) is 0 Å². The lowest BCUT2D eigenvalue weighted by atomic mass is 9.77. The molecule has 0 saturated carbocycles. The smallest absolute Gasteiger partial charge is 0.264 e. The second-order valence-electron chi connectivity index (χ2n) is 7.59. The van der Waals surface area contributed by atoms with Crippen molar-refractivity contribution in [3.8, 4) is 11.5 Å². The quantitative estimate of drug-likeness (QED) is 0.356. The summed E-state index contributed by atoms with van der Waals surface area (Å²) in [6, 6.07) is 14.8. The van der Waals surface area contributed by atoms with Gasteiger partial charge in [0.1, 0.15) is 11.5 Å². The molecule has 31 heavy (non-hydrogen) atoms. The molecule has 172 valence electrons. The third kappa shape index (κ3) is 8.13. The lowest BCUT2D eigenvalue weighted by molar-refractivity contribution is 0.301. The molecule has 0 aromatic heterocycles. The number of rotatable bonds is 12. The second kappa shape index (κ2) is 10.4. The molecule has 0 heterocycles. The normalized spacial score (nSPS) is 12.5. The molecule has 2 aromatic rings. The minimum atomic E-state index is -4.04. The highest BCUT2D eigenvalue weighted by Crippen LogP contribution is 2.41. The fourth-order valence-electron chi connectivity index (χ4n) is 3.21. The Bertz CT molecular complexity index is 991. The monoisotopic (exact) mass is 472 g/mol. The molecule has 10 heteroatoms. The Morgan fingerprint density at radius 1 is 0.710 bits per heavy atom. The average Bonchev–Trinajstić information content (AvgIpc) is 2.68. The minimum Gasteiger partial charge on any atom is -0.493 e. The maximum absolute atomic E-state index is 10.9. The summed E-state index contributed by atoms with van der Waals surface area (Å²) in [5, 5.41) is 0. The van der Waals surface area contributed by atoms with Gasteiger partial charge in [-0.1, -0.05) is 50.2 Å². The second-order valence-corrected chi connectivity index (χ2v) is 10.7. The molecule has 2 rings (SSSR count). The molecule has 0 aliphatic heterocycles. The summed E-state index contributed by atoms with van der Waals surface area (Å²) >= 11 is 0. The first-order chi connectivity index (χ1) is 14.4. The van der Waals surface area contributed by atoms with Crippen molar-refractivity contribution in [2.75, 3.05) is 24.7 Å². The summed E-state index contributed by atoms with van der Waals surface area (Å²) in [4.78, 5) is 0. The van der Waals surface area contributed by atoms with Crippen molar-refractivity contribution in [1.29, 1.82) is 0 Å². The van der Waals surface area contributed by atoms with Crippen LogP contribution in [0.4, 0.5) is 0 Å². The van der Waals surface area contributed by atoms with Gasteiger partial charge in [-0.3, -0.25) is 9.11 Å². The Hall–Kier alpha value is -2.14. The molecule has 0 bridgehead atoms. The van der Waals surface area contributed by atoms with Crippen molar-refractivity contribution in [2.24, 2.45) is 0 Å². The predicted octanol–water partition coefficient (Wildman–Crippen LogP) is 3.33. The lowest BCUT2D eigenvalue weighted by Crippen LogP contribution is -2.22. The summed E-state index contributed by atoms with van der Waals surface area (Å²) < 4.78 is 72.9. The van der Waals surface area contributed by atoms with Gasteiger partial charge in [-0.05, 0) is 25.0 Å². The molecule has 0 aliphatic carbocycles. The van der Waals surface area contributed by atoms with Gasteiger partial charge in [-0.15, -0.1) is 0 Å². The number of hydrogen-bond donors (Lipinski definition) is 2. The Kier molecular flexibility index (Phi) is 8.47. The lowest BCUT2D eigenvalue weighted by Gasteiger charge is -2.30. The van der Waals surface area contributed by atoms with Gasteiger partial charge in [-0.25, -0.2) is 0 Å². The van der Waals surface area contributed by atoms with E-state index in [9.17, 15) is 16.8 Å². The maximum Gasteiger partial charge on any atom is 0.264 e. The molecule has 8 nitrogen and oxygen atoms in total. The number of hydrogen-bond acceptors (Lipinski definition) is 6. The van der Waals surface area contributed by atoms with E-state index in [0.29, 0.717) is 11.5 Å². The highest BCUT2D eigenvalue weighted by molar-refractivity contribution is 7.86. The highest BCUT2D eigenvalue weighted by Gasteiger charge is 2.29. The molecule has 0 amide bonds. The fourth-order valence-corrected chi connectivity index (χ4v) is 4.17. The summed E-state index contributed by atoms with van der Waals surface area (Å²) in [5.74, 6) is 0.422. The first-order valence-electron chi connectivity index (χ1n) is 9.75. The Morgan fingerprint density at radius 3 is 1.42 bits per heavy atom. The van der Waals surface area contributed by atoms with Gasteiger partial charge in [0.05, 0.1) is 24.7 Å². The van der Waals surface area contributed by atoms with Crippen molar-refractivity contribution in [1.82, 2.24) is 0 Å². The van der Waals surface area contributed by atoms with Gasteiger partial charge in [0.15, 0.2) is 0 Å². The van der Waals surface area contributed by atoms with Crippen LogP contribution in [-0.2, 0) is 25.7 Å². The van der Waals surface area contributed by atoms with Crippen molar-refractivity contribution in [2.45, 2.75) is 32.1 Å². The summed E-state index contributed by atoms with van der Waals surface area (Å²) in [7, 11) is -8.07. The van der Waals surface area contributed by atoms with E-state index in [1.54, 1.807) is 12.1 Å². The van der Waals surface area contributed by atoms with Crippen LogP contribution in [0.15, 0.2) is 48.5 Å². The Morgan fingerprint density at radius 2 is 1.06 bits per heavy atom. The van der Waals surface area contributed by atoms with Gasteiger partial charge in [-0.2, -0.15) is 16.8 Å². The summed E-state index contributed by atoms with van der Waals surface area (Å²) in [6.45, 7) is 4.24. The first kappa shape index (κ1) is 25.1. The third-order valence-corrected chi connectivity index (χ3v) is 6.34. The van der Waals surface area contributed by atoms with Crippen molar-refractivity contribution in [3.05, 3.63) is 59.7 Å². The topological polar surface area (TPSA) is 127 Å². The van der Waals surface area contributed by atoms with E-state index < -0.39 is 25.7 Å². The molecule has 0 aliphatic rings. The number of benzene rings is 2. The van der Waals surface area contributed by atoms with E-state index >= 15 is 0 Å². The standard InChI is InChI=1S/C21H28O8S2/c1-21(2,17-9-3-5-11-19(17)28-13-7-15-30(22,23)24)18-10-4-6-12-20(18)29-14-8-16-31(25,26)27/h3-6,9-12H,7-8,13-16H2,1-2H3,(H,22,23,24)(H,25,26,27). The van der Waals surface area contributed by atoms with Crippen molar-refractivity contribution in [3.63, 3.8) is 0 Å². The Labute approximate surface area is 183 Å². The van der Waals surface area contributed by atoms with Gasteiger partial charge in [0, 0.05) is 16.5 Å². The summed E-state index contributed by atoms with van der Waals surface area (Å²) in [6.07, 6.45) is 0.308. The molecule has 0 atom stereocenters. The van der Waals surface area contributed by atoms with Gasteiger partial charge >= 0.3 is 0 Å². The minimum absolute atomic E-state index is 0.126. The van der Waals surface area contributed by atoms with Gasteiger partial charge in [0.2, 0.25) is 0 Å². The SMILES string of the molecule is CC(C)(c1ccccc1OCCCS(=O)(=O)O)c1ccccc1OCCCS(=O)(=O)O. The highest BCUT2D eigenvalue weighted by atomic mass is 32.2. The van der Waals surface area contributed by atoms with Crippen LogP contribution >= 0.6 is 0 Å². The van der Waals surface area contributed by atoms with Crippen LogP contribution in [0.25, 0.3) is 0 Å². The molecule has 0 radical (unpaired) electrons. The van der Waals surface area contributed by atoms with E-state index in [4.69, 9.17) is 18.6 Å². The van der Waals surface area contributed by atoms with Crippen LogP contribution in [0.3, 0.4) is 0 Å². The number of ether oxygens (including phenoxy) is 2. The van der Waals surface area contributed by atoms with Crippen LogP contribution in [0.1, 0.15) is 37.8 Å². The zero-order chi connectivity index (χ0) is 23.1. The fraction of sp³-hybridized carbons (Fsp3) is 0.429. The maximum atomic E-state index is 10.9. The molecular weight excluding hydrogens is 444 g/mol.